The zero-order valence-electron chi connectivity index (χ0n) is 13.9. The zero-order valence-corrected chi connectivity index (χ0v) is 13.9. The molecule has 1 aromatic heterocycles. The van der Waals surface area contributed by atoms with Crippen LogP contribution >= 0.6 is 0 Å². The molecule has 0 aliphatic carbocycles. The molecule has 0 saturated heterocycles. The third-order valence-electron chi connectivity index (χ3n) is 3.55. The molecule has 23 heavy (non-hydrogen) atoms. The summed E-state index contributed by atoms with van der Waals surface area (Å²) < 4.78 is 28.0. The van der Waals surface area contributed by atoms with Crippen molar-refractivity contribution in [3.8, 4) is 0 Å². The number of hydrogen-bond donors (Lipinski definition) is 1. The lowest BCUT2D eigenvalue weighted by Crippen LogP contribution is -2.28. The van der Waals surface area contributed by atoms with Crippen LogP contribution in [0.5, 0.6) is 0 Å². The summed E-state index contributed by atoms with van der Waals surface area (Å²) in [5.41, 5.74) is 1.44. The van der Waals surface area contributed by atoms with E-state index in [4.69, 9.17) is 0 Å². The van der Waals surface area contributed by atoms with Crippen LogP contribution in [0, 0.1) is 18.6 Å². The quantitative estimate of drug-likeness (QED) is 0.936. The van der Waals surface area contributed by atoms with E-state index >= 15 is 0 Å². The number of amides is 1. The minimum Gasteiger partial charge on any atom is -0.344 e. The van der Waals surface area contributed by atoms with E-state index in [9.17, 15) is 13.6 Å². The number of nitrogens with one attached hydrogen (secondary N) is 1. The van der Waals surface area contributed by atoms with Gasteiger partial charge in [0.25, 0.3) is 5.91 Å². The fourth-order valence-corrected chi connectivity index (χ4v) is 2.40. The number of carbonyl (C=O) groups is 1. The van der Waals surface area contributed by atoms with Gasteiger partial charge in [-0.25, -0.2) is 8.78 Å². The molecule has 0 unspecified atom stereocenters. The van der Waals surface area contributed by atoms with Gasteiger partial charge >= 0.3 is 0 Å². The van der Waals surface area contributed by atoms with E-state index in [2.05, 4.69) is 10.4 Å². The fraction of sp³-hybridized carbons (Fsp3) is 0.412. The molecule has 2 aromatic rings. The highest BCUT2D eigenvalue weighted by atomic mass is 19.2. The van der Waals surface area contributed by atoms with Gasteiger partial charge < -0.3 is 5.32 Å². The Kier molecular flexibility index (Phi) is 4.54. The smallest absolute Gasteiger partial charge is 0.272 e. The monoisotopic (exact) mass is 321 g/mol. The second-order valence-corrected chi connectivity index (χ2v) is 6.62. The third kappa shape index (κ3) is 3.75. The minimum absolute atomic E-state index is 0.228. The van der Waals surface area contributed by atoms with Crippen molar-refractivity contribution in [2.24, 2.45) is 0 Å². The topological polar surface area (TPSA) is 46.9 Å². The molecule has 6 heteroatoms. The molecule has 0 spiro atoms. The average Bonchev–Trinajstić information content (AvgIpc) is 2.84. The van der Waals surface area contributed by atoms with Crippen LogP contribution in [0.2, 0.25) is 0 Å². The van der Waals surface area contributed by atoms with Crippen LogP contribution in [0.4, 0.5) is 8.78 Å². The maximum atomic E-state index is 13.3. The molecule has 1 amide bonds. The fourth-order valence-electron chi connectivity index (χ4n) is 2.40. The van der Waals surface area contributed by atoms with Crippen LogP contribution in [-0.4, -0.2) is 15.7 Å². The Labute approximate surface area is 134 Å². The lowest BCUT2D eigenvalue weighted by atomic mass is 10.1. The van der Waals surface area contributed by atoms with Gasteiger partial charge in [-0.1, -0.05) is 6.07 Å². The summed E-state index contributed by atoms with van der Waals surface area (Å²) in [5, 5.41) is 7.08. The van der Waals surface area contributed by atoms with E-state index in [0.29, 0.717) is 11.3 Å². The first-order valence-corrected chi connectivity index (χ1v) is 7.42. The Morgan fingerprint density at radius 3 is 2.39 bits per heavy atom. The molecule has 1 heterocycles. The predicted molar refractivity (Wildman–Crippen MR) is 84.2 cm³/mol. The largest absolute Gasteiger partial charge is 0.344 e. The molecule has 0 aliphatic heterocycles. The van der Waals surface area contributed by atoms with Gasteiger partial charge in [0.15, 0.2) is 11.6 Å². The summed E-state index contributed by atoms with van der Waals surface area (Å²) in [4.78, 5) is 12.3. The number of aryl methyl sites for hydroxylation is 1. The molecule has 0 radical (unpaired) electrons. The Balaban J connectivity index is 2.17. The highest BCUT2D eigenvalue weighted by Crippen LogP contribution is 2.19. The summed E-state index contributed by atoms with van der Waals surface area (Å²) in [5.74, 6) is -2.20. The Morgan fingerprint density at radius 2 is 1.87 bits per heavy atom. The Morgan fingerprint density at radius 1 is 1.22 bits per heavy atom. The second-order valence-electron chi connectivity index (χ2n) is 6.62. The van der Waals surface area contributed by atoms with Crippen molar-refractivity contribution in [1.29, 1.82) is 0 Å². The summed E-state index contributed by atoms with van der Waals surface area (Å²) in [6, 6.07) is 4.82. The van der Waals surface area contributed by atoms with E-state index in [1.54, 1.807) is 17.7 Å². The molecule has 2 rings (SSSR count). The van der Waals surface area contributed by atoms with Crippen LogP contribution < -0.4 is 5.32 Å². The van der Waals surface area contributed by atoms with Gasteiger partial charge in [-0.05, 0) is 58.4 Å². The number of nitrogens with zero attached hydrogens (tertiary/aromatic N) is 2. The molecule has 1 atom stereocenters. The molecule has 124 valence electrons. The number of halogens is 2. The van der Waals surface area contributed by atoms with Crippen molar-refractivity contribution in [3.63, 3.8) is 0 Å². The molecule has 0 fully saturated rings. The number of hydrogen-bond acceptors (Lipinski definition) is 2. The number of aromatic nitrogens is 2. The Bertz CT molecular complexity index is 732. The van der Waals surface area contributed by atoms with Crippen molar-refractivity contribution in [2.75, 3.05) is 0 Å². The molecular formula is C17H21F2N3O. The van der Waals surface area contributed by atoms with Crippen molar-refractivity contribution in [3.05, 3.63) is 52.9 Å². The summed E-state index contributed by atoms with van der Waals surface area (Å²) in [6.07, 6.45) is 0. The second kappa shape index (κ2) is 6.10. The standard InChI is InChI=1S/C17H21F2N3O/c1-10-8-15(21-22(10)17(3,4)5)16(23)20-11(2)12-6-7-13(18)14(19)9-12/h6-9,11H,1-5H3,(H,20,23)/t11-/m0/s1. The van der Waals surface area contributed by atoms with Gasteiger partial charge in [0, 0.05) is 5.69 Å². The first-order valence-electron chi connectivity index (χ1n) is 7.42. The van der Waals surface area contributed by atoms with E-state index in [-0.39, 0.29) is 11.4 Å². The average molecular weight is 321 g/mol. The number of benzene rings is 1. The predicted octanol–water partition coefficient (Wildman–Crippen LogP) is 3.72. The van der Waals surface area contributed by atoms with Crippen LogP contribution in [0.25, 0.3) is 0 Å². The van der Waals surface area contributed by atoms with Gasteiger partial charge in [0.2, 0.25) is 0 Å². The highest BCUT2D eigenvalue weighted by molar-refractivity contribution is 5.92. The van der Waals surface area contributed by atoms with Crippen LogP contribution in [-0.2, 0) is 5.54 Å². The summed E-state index contributed by atoms with van der Waals surface area (Å²) in [7, 11) is 0. The molecule has 4 nitrogen and oxygen atoms in total. The van der Waals surface area contributed by atoms with Crippen LogP contribution in [0.15, 0.2) is 24.3 Å². The first-order chi connectivity index (χ1) is 10.6. The number of rotatable bonds is 3. The van der Waals surface area contributed by atoms with Gasteiger partial charge in [0.1, 0.15) is 5.69 Å². The van der Waals surface area contributed by atoms with E-state index in [1.807, 2.05) is 27.7 Å². The molecule has 0 saturated carbocycles. The van der Waals surface area contributed by atoms with E-state index in [0.717, 1.165) is 17.8 Å². The molecule has 0 bridgehead atoms. The molecule has 1 N–H and O–H groups in total. The van der Waals surface area contributed by atoms with Crippen LogP contribution in [0.1, 0.15) is 55.5 Å². The minimum atomic E-state index is -0.934. The van der Waals surface area contributed by atoms with Crippen molar-refractivity contribution in [2.45, 2.75) is 46.2 Å². The highest BCUT2D eigenvalue weighted by Gasteiger charge is 2.21. The number of carbonyl (C=O) groups excluding carboxylic acids is 1. The normalized spacial score (nSPS) is 13.0. The van der Waals surface area contributed by atoms with Gasteiger partial charge in [0.05, 0.1) is 11.6 Å². The van der Waals surface area contributed by atoms with Crippen LogP contribution in [0.3, 0.4) is 0 Å². The van der Waals surface area contributed by atoms with Gasteiger partial charge in [-0.15, -0.1) is 0 Å². The van der Waals surface area contributed by atoms with Gasteiger partial charge in [-0.2, -0.15) is 5.10 Å². The molecule has 1 aromatic carbocycles. The Hall–Kier alpha value is -2.24. The summed E-state index contributed by atoms with van der Waals surface area (Å²) >= 11 is 0. The molecule has 0 aliphatic rings. The van der Waals surface area contributed by atoms with Crippen molar-refractivity contribution in [1.82, 2.24) is 15.1 Å². The lowest BCUT2D eigenvalue weighted by Gasteiger charge is -2.21. The van der Waals surface area contributed by atoms with Gasteiger partial charge in [-0.3, -0.25) is 9.48 Å². The van der Waals surface area contributed by atoms with E-state index < -0.39 is 17.7 Å². The van der Waals surface area contributed by atoms with Crippen molar-refractivity contribution < 1.29 is 13.6 Å². The first kappa shape index (κ1) is 17.1. The molecular weight excluding hydrogens is 300 g/mol. The zero-order chi connectivity index (χ0) is 17.4. The maximum absolute atomic E-state index is 13.3. The third-order valence-corrected chi connectivity index (χ3v) is 3.55. The maximum Gasteiger partial charge on any atom is 0.272 e. The lowest BCUT2D eigenvalue weighted by molar-refractivity contribution is 0.0933. The van der Waals surface area contributed by atoms with Crippen molar-refractivity contribution >= 4 is 5.91 Å². The SMILES string of the molecule is Cc1cc(C(=O)N[C@@H](C)c2ccc(F)c(F)c2)nn1C(C)(C)C. The van der Waals surface area contributed by atoms with E-state index in [1.165, 1.54) is 6.07 Å². The summed E-state index contributed by atoms with van der Waals surface area (Å²) in [6.45, 7) is 9.59.